The van der Waals surface area contributed by atoms with Crippen LogP contribution in [0.4, 0.5) is 0 Å². The van der Waals surface area contributed by atoms with Crippen molar-refractivity contribution in [3.63, 3.8) is 0 Å². The summed E-state index contributed by atoms with van der Waals surface area (Å²) in [5.41, 5.74) is 6.50. The fourth-order valence-corrected chi connectivity index (χ4v) is 1.67. The Morgan fingerprint density at radius 3 is 2.18 bits per heavy atom. The Morgan fingerprint density at radius 2 is 1.91 bits per heavy atom. The zero-order valence-corrected chi connectivity index (χ0v) is 8.11. The molecular formula is C10H21N. The maximum Gasteiger partial charge on any atom is -0.0195 e. The van der Waals surface area contributed by atoms with Crippen molar-refractivity contribution in [2.45, 2.75) is 39.5 Å². The molecule has 1 saturated carbocycles. The first kappa shape index (κ1) is 10.7. The molecule has 1 fully saturated rings. The van der Waals surface area contributed by atoms with Crippen LogP contribution in [0.25, 0.3) is 0 Å². The summed E-state index contributed by atoms with van der Waals surface area (Å²) < 4.78 is 0. The van der Waals surface area contributed by atoms with Crippen molar-refractivity contribution in [3.05, 3.63) is 12.2 Å². The molecule has 0 spiro atoms. The number of allylic oxidation sites excluding steroid dienone is 1. The molecule has 0 heterocycles. The van der Waals surface area contributed by atoms with E-state index in [1.165, 1.54) is 38.3 Å². The van der Waals surface area contributed by atoms with Crippen molar-refractivity contribution in [1.82, 2.24) is 0 Å². The Bertz CT molecular complexity index is 125. The van der Waals surface area contributed by atoms with E-state index >= 15 is 0 Å². The lowest BCUT2D eigenvalue weighted by atomic mass is 9.76. The van der Waals surface area contributed by atoms with Crippen molar-refractivity contribution in [2.75, 3.05) is 7.05 Å². The zero-order chi connectivity index (χ0) is 8.91. The second kappa shape index (κ2) is 4.55. The van der Waals surface area contributed by atoms with Gasteiger partial charge in [0.15, 0.2) is 0 Å². The van der Waals surface area contributed by atoms with Crippen LogP contribution in [-0.4, -0.2) is 7.05 Å². The molecule has 0 aliphatic heterocycles. The molecule has 66 valence electrons. The highest BCUT2D eigenvalue weighted by atomic mass is 14.4. The molecule has 1 rings (SSSR count). The van der Waals surface area contributed by atoms with Crippen LogP contribution in [-0.2, 0) is 0 Å². The van der Waals surface area contributed by atoms with E-state index in [0.29, 0.717) is 5.41 Å². The van der Waals surface area contributed by atoms with E-state index in [9.17, 15) is 0 Å². The lowest BCUT2D eigenvalue weighted by molar-refractivity contribution is 0.290. The molecule has 1 aliphatic carbocycles. The Kier molecular flexibility index (Phi) is 4.43. The van der Waals surface area contributed by atoms with E-state index in [1.807, 2.05) is 0 Å². The van der Waals surface area contributed by atoms with Crippen LogP contribution >= 0.6 is 0 Å². The van der Waals surface area contributed by atoms with Crippen LogP contribution in [0.2, 0.25) is 0 Å². The van der Waals surface area contributed by atoms with Gasteiger partial charge in [-0.05, 0) is 38.1 Å². The maximum absolute atomic E-state index is 4.50. The highest BCUT2D eigenvalue weighted by Gasteiger charge is 2.22. The zero-order valence-electron chi connectivity index (χ0n) is 8.11. The summed E-state index contributed by atoms with van der Waals surface area (Å²) in [6.45, 7) is 8.67. The van der Waals surface area contributed by atoms with Crippen LogP contribution in [0.1, 0.15) is 39.5 Å². The lowest BCUT2D eigenvalue weighted by Crippen LogP contribution is -2.16. The van der Waals surface area contributed by atoms with Crippen molar-refractivity contribution in [3.8, 4) is 0 Å². The third kappa shape index (κ3) is 4.20. The highest BCUT2D eigenvalue weighted by Crippen LogP contribution is 2.36. The molecule has 0 saturated heterocycles. The van der Waals surface area contributed by atoms with Crippen LogP contribution < -0.4 is 5.73 Å². The molecule has 0 amide bonds. The molecule has 2 N–H and O–H groups in total. The summed E-state index contributed by atoms with van der Waals surface area (Å²) in [6, 6.07) is 0. The average molecular weight is 155 g/mol. The van der Waals surface area contributed by atoms with E-state index in [2.05, 4.69) is 26.2 Å². The molecule has 0 bridgehead atoms. The Balaban J connectivity index is 0.000000461. The fourth-order valence-electron chi connectivity index (χ4n) is 1.67. The van der Waals surface area contributed by atoms with Crippen LogP contribution in [0.5, 0.6) is 0 Å². The standard InChI is InChI=1S/C9H16.CH5N/c1-8-5-4-6-9(2,3)7-8;1-2/h1,4-7H2,2-3H3;2H2,1H3. The van der Waals surface area contributed by atoms with Gasteiger partial charge in [-0.3, -0.25) is 0 Å². The van der Waals surface area contributed by atoms with Gasteiger partial charge in [0.05, 0.1) is 0 Å². The molecule has 0 atom stereocenters. The number of rotatable bonds is 0. The topological polar surface area (TPSA) is 26.0 Å². The van der Waals surface area contributed by atoms with E-state index in [4.69, 9.17) is 0 Å². The van der Waals surface area contributed by atoms with Gasteiger partial charge in [-0.2, -0.15) is 0 Å². The molecule has 1 heteroatoms. The molecule has 11 heavy (non-hydrogen) atoms. The van der Waals surface area contributed by atoms with Gasteiger partial charge in [-0.15, -0.1) is 0 Å². The van der Waals surface area contributed by atoms with E-state index in [0.717, 1.165) is 0 Å². The lowest BCUT2D eigenvalue weighted by Gasteiger charge is -2.30. The predicted octanol–water partition coefficient (Wildman–Crippen LogP) is 2.72. The van der Waals surface area contributed by atoms with E-state index < -0.39 is 0 Å². The minimum absolute atomic E-state index is 0.551. The molecular weight excluding hydrogens is 134 g/mol. The minimum atomic E-state index is 0.551. The summed E-state index contributed by atoms with van der Waals surface area (Å²) in [6.07, 6.45) is 5.24. The summed E-state index contributed by atoms with van der Waals surface area (Å²) in [4.78, 5) is 0. The first-order valence-electron chi connectivity index (χ1n) is 4.35. The van der Waals surface area contributed by atoms with Gasteiger partial charge < -0.3 is 5.73 Å². The molecule has 0 aromatic carbocycles. The summed E-state index contributed by atoms with van der Waals surface area (Å²) in [5, 5.41) is 0. The van der Waals surface area contributed by atoms with Crippen molar-refractivity contribution in [1.29, 1.82) is 0 Å². The number of nitrogens with two attached hydrogens (primary N) is 1. The van der Waals surface area contributed by atoms with Gasteiger partial charge in [-0.1, -0.05) is 26.0 Å². The Hall–Kier alpha value is -0.300. The third-order valence-corrected chi connectivity index (χ3v) is 2.11. The second-order valence-electron chi connectivity index (χ2n) is 3.94. The smallest absolute Gasteiger partial charge is 0.0195 e. The average Bonchev–Trinajstić information content (AvgIpc) is 1.89. The summed E-state index contributed by atoms with van der Waals surface area (Å²) >= 11 is 0. The molecule has 0 aromatic rings. The normalized spacial score (nSPS) is 22.0. The first-order chi connectivity index (χ1) is 5.10. The predicted molar refractivity (Wildman–Crippen MR) is 51.5 cm³/mol. The summed E-state index contributed by atoms with van der Waals surface area (Å²) in [5.74, 6) is 0. The fraction of sp³-hybridized carbons (Fsp3) is 0.800. The van der Waals surface area contributed by atoms with Gasteiger partial charge in [-0.25, -0.2) is 0 Å². The van der Waals surface area contributed by atoms with Gasteiger partial charge in [0.25, 0.3) is 0 Å². The van der Waals surface area contributed by atoms with E-state index in [1.54, 1.807) is 0 Å². The second-order valence-corrected chi connectivity index (χ2v) is 3.94. The third-order valence-electron chi connectivity index (χ3n) is 2.11. The van der Waals surface area contributed by atoms with E-state index in [-0.39, 0.29) is 0 Å². The number of hydrogen-bond donors (Lipinski definition) is 1. The maximum atomic E-state index is 4.50. The molecule has 0 radical (unpaired) electrons. The largest absolute Gasteiger partial charge is 0.333 e. The van der Waals surface area contributed by atoms with Gasteiger partial charge in [0, 0.05) is 0 Å². The molecule has 1 nitrogen and oxygen atoms in total. The van der Waals surface area contributed by atoms with Crippen LogP contribution in [0.3, 0.4) is 0 Å². The summed E-state index contributed by atoms with van der Waals surface area (Å²) in [7, 11) is 1.50. The SMILES string of the molecule is C=C1CCCC(C)(C)C1.CN. The van der Waals surface area contributed by atoms with Crippen LogP contribution in [0, 0.1) is 5.41 Å². The number of hydrogen-bond acceptors (Lipinski definition) is 1. The van der Waals surface area contributed by atoms with Crippen molar-refractivity contribution >= 4 is 0 Å². The van der Waals surface area contributed by atoms with Crippen molar-refractivity contribution < 1.29 is 0 Å². The van der Waals surface area contributed by atoms with Crippen molar-refractivity contribution in [2.24, 2.45) is 11.1 Å². The quantitative estimate of drug-likeness (QED) is 0.535. The monoisotopic (exact) mass is 155 g/mol. The Morgan fingerprint density at radius 1 is 1.36 bits per heavy atom. The van der Waals surface area contributed by atoms with Gasteiger partial charge in [0.1, 0.15) is 0 Å². The molecule has 0 unspecified atom stereocenters. The first-order valence-corrected chi connectivity index (χ1v) is 4.35. The highest BCUT2D eigenvalue weighted by molar-refractivity contribution is 5.01. The molecule has 0 aromatic heterocycles. The van der Waals surface area contributed by atoms with Crippen LogP contribution in [0.15, 0.2) is 12.2 Å². The Labute approximate surface area is 70.7 Å². The van der Waals surface area contributed by atoms with Gasteiger partial charge >= 0.3 is 0 Å². The molecule has 1 aliphatic rings. The van der Waals surface area contributed by atoms with Gasteiger partial charge in [0.2, 0.25) is 0 Å². The minimum Gasteiger partial charge on any atom is -0.333 e.